The highest BCUT2D eigenvalue weighted by atomic mass is 35.5. The normalized spacial score (nSPS) is 13.8. The van der Waals surface area contributed by atoms with Gasteiger partial charge in [0.15, 0.2) is 0 Å². The molecule has 0 N–H and O–H groups in total. The SMILES string of the molecule is O=C(CCc1ccc(Cl)cc1)N(Cc1ccccc1F)C1CC1. The van der Waals surface area contributed by atoms with Crippen LogP contribution in [0.4, 0.5) is 4.39 Å². The topological polar surface area (TPSA) is 20.3 Å². The molecule has 1 aliphatic rings. The van der Waals surface area contributed by atoms with Crippen LogP contribution in [0.1, 0.15) is 30.4 Å². The van der Waals surface area contributed by atoms with E-state index in [0.29, 0.717) is 30.0 Å². The van der Waals surface area contributed by atoms with E-state index < -0.39 is 0 Å². The Bertz CT molecular complexity index is 682. The van der Waals surface area contributed by atoms with Gasteiger partial charge in [-0.05, 0) is 43.0 Å². The van der Waals surface area contributed by atoms with Gasteiger partial charge in [-0.25, -0.2) is 4.39 Å². The molecule has 3 rings (SSSR count). The summed E-state index contributed by atoms with van der Waals surface area (Å²) in [6, 6.07) is 14.5. The molecule has 120 valence electrons. The first-order valence-electron chi connectivity index (χ1n) is 7.91. The Morgan fingerprint density at radius 2 is 1.83 bits per heavy atom. The van der Waals surface area contributed by atoms with Crippen molar-refractivity contribution in [2.75, 3.05) is 0 Å². The Kier molecular flexibility index (Phi) is 4.97. The summed E-state index contributed by atoms with van der Waals surface area (Å²) in [5.41, 5.74) is 1.67. The third-order valence-corrected chi connectivity index (χ3v) is 4.40. The molecular formula is C19H19ClFNO. The maximum Gasteiger partial charge on any atom is 0.223 e. The molecule has 0 radical (unpaired) electrons. The molecule has 0 heterocycles. The molecule has 0 saturated heterocycles. The Morgan fingerprint density at radius 3 is 2.48 bits per heavy atom. The predicted molar refractivity (Wildman–Crippen MR) is 89.7 cm³/mol. The van der Waals surface area contributed by atoms with Gasteiger partial charge in [0.2, 0.25) is 5.91 Å². The van der Waals surface area contributed by atoms with E-state index in [0.717, 1.165) is 18.4 Å². The largest absolute Gasteiger partial charge is 0.335 e. The van der Waals surface area contributed by atoms with Gasteiger partial charge in [0.25, 0.3) is 0 Å². The Labute approximate surface area is 140 Å². The molecule has 2 aromatic carbocycles. The van der Waals surface area contributed by atoms with E-state index in [2.05, 4.69) is 0 Å². The average molecular weight is 332 g/mol. The summed E-state index contributed by atoms with van der Waals surface area (Å²) in [7, 11) is 0. The Balaban J connectivity index is 1.63. The van der Waals surface area contributed by atoms with Gasteiger partial charge in [0.05, 0.1) is 0 Å². The monoisotopic (exact) mass is 331 g/mol. The predicted octanol–water partition coefficient (Wildman–Crippen LogP) is 4.60. The summed E-state index contributed by atoms with van der Waals surface area (Å²) in [5.74, 6) is -0.158. The van der Waals surface area contributed by atoms with Gasteiger partial charge in [0.1, 0.15) is 5.82 Å². The number of halogens is 2. The molecule has 0 aliphatic heterocycles. The highest BCUT2D eigenvalue weighted by molar-refractivity contribution is 6.30. The minimum atomic E-state index is -0.247. The molecule has 0 unspecified atom stereocenters. The summed E-state index contributed by atoms with van der Waals surface area (Å²) in [5, 5.41) is 0.694. The van der Waals surface area contributed by atoms with Crippen LogP contribution >= 0.6 is 11.6 Å². The lowest BCUT2D eigenvalue weighted by Gasteiger charge is -2.23. The fraction of sp³-hybridized carbons (Fsp3) is 0.316. The van der Waals surface area contributed by atoms with E-state index in [9.17, 15) is 9.18 Å². The molecule has 1 amide bonds. The fourth-order valence-electron chi connectivity index (χ4n) is 2.66. The van der Waals surface area contributed by atoms with E-state index in [4.69, 9.17) is 11.6 Å². The van der Waals surface area contributed by atoms with Crippen molar-refractivity contribution in [3.63, 3.8) is 0 Å². The third-order valence-electron chi connectivity index (χ3n) is 4.15. The van der Waals surface area contributed by atoms with Gasteiger partial charge in [-0.15, -0.1) is 0 Å². The number of aryl methyl sites for hydroxylation is 1. The van der Waals surface area contributed by atoms with Gasteiger partial charge in [-0.1, -0.05) is 41.9 Å². The van der Waals surface area contributed by atoms with Crippen molar-refractivity contribution in [2.24, 2.45) is 0 Å². The number of amides is 1. The van der Waals surface area contributed by atoms with Crippen molar-refractivity contribution >= 4 is 17.5 Å². The first kappa shape index (κ1) is 16.0. The maximum atomic E-state index is 13.8. The van der Waals surface area contributed by atoms with E-state index in [1.54, 1.807) is 12.1 Å². The van der Waals surface area contributed by atoms with Crippen LogP contribution in [0.3, 0.4) is 0 Å². The molecule has 1 saturated carbocycles. The molecule has 0 aromatic heterocycles. The molecule has 23 heavy (non-hydrogen) atoms. The number of carbonyl (C=O) groups is 1. The van der Waals surface area contributed by atoms with Crippen LogP contribution in [0.25, 0.3) is 0 Å². The van der Waals surface area contributed by atoms with Crippen molar-refractivity contribution < 1.29 is 9.18 Å². The Hall–Kier alpha value is -1.87. The maximum absolute atomic E-state index is 13.8. The van der Waals surface area contributed by atoms with Crippen LogP contribution in [0, 0.1) is 5.82 Å². The summed E-state index contributed by atoms with van der Waals surface area (Å²) < 4.78 is 13.8. The highest BCUT2D eigenvalue weighted by Crippen LogP contribution is 2.29. The zero-order chi connectivity index (χ0) is 16.2. The van der Waals surface area contributed by atoms with Gasteiger partial charge >= 0.3 is 0 Å². The second kappa shape index (κ2) is 7.14. The summed E-state index contributed by atoms with van der Waals surface area (Å²) in [6.45, 7) is 0.358. The standard InChI is InChI=1S/C19H19ClFNO/c20-16-8-5-14(6-9-16)7-12-19(23)22(17-10-11-17)13-15-3-1-2-4-18(15)21/h1-6,8-9,17H,7,10-13H2. The van der Waals surface area contributed by atoms with Gasteiger partial charge in [-0.3, -0.25) is 4.79 Å². The lowest BCUT2D eigenvalue weighted by molar-refractivity contribution is -0.132. The van der Waals surface area contributed by atoms with Gasteiger partial charge in [-0.2, -0.15) is 0 Å². The smallest absolute Gasteiger partial charge is 0.223 e. The number of hydrogen-bond acceptors (Lipinski definition) is 1. The zero-order valence-electron chi connectivity index (χ0n) is 12.8. The number of rotatable bonds is 6. The lowest BCUT2D eigenvalue weighted by Crippen LogP contribution is -2.33. The van der Waals surface area contributed by atoms with Crippen molar-refractivity contribution in [1.29, 1.82) is 0 Å². The van der Waals surface area contributed by atoms with Gasteiger partial charge < -0.3 is 4.90 Å². The van der Waals surface area contributed by atoms with Crippen LogP contribution in [0.15, 0.2) is 48.5 Å². The summed E-state index contributed by atoms with van der Waals surface area (Å²) >= 11 is 5.87. The van der Waals surface area contributed by atoms with Crippen molar-refractivity contribution in [1.82, 2.24) is 4.90 Å². The first-order chi connectivity index (χ1) is 11.1. The van der Waals surface area contributed by atoms with Crippen molar-refractivity contribution in [3.8, 4) is 0 Å². The second-order valence-electron chi connectivity index (χ2n) is 5.97. The van der Waals surface area contributed by atoms with Crippen molar-refractivity contribution in [2.45, 2.75) is 38.3 Å². The molecule has 0 atom stereocenters. The van der Waals surface area contributed by atoms with Crippen LogP contribution in [-0.2, 0) is 17.8 Å². The van der Waals surface area contributed by atoms with E-state index in [1.807, 2.05) is 35.2 Å². The second-order valence-corrected chi connectivity index (χ2v) is 6.41. The van der Waals surface area contributed by atoms with E-state index in [1.165, 1.54) is 6.07 Å². The van der Waals surface area contributed by atoms with Gasteiger partial charge in [0, 0.05) is 29.6 Å². The summed E-state index contributed by atoms with van der Waals surface area (Å²) in [6.07, 6.45) is 3.14. The molecule has 0 bridgehead atoms. The lowest BCUT2D eigenvalue weighted by atomic mass is 10.1. The molecule has 4 heteroatoms. The van der Waals surface area contributed by atoms with E-state index in [-0.39, 0.29) is 17.8 Å². The van der Waals surface area contributed by atoms with E-state index >= 15 is 0 Å². The quantitative estimate of drug-likeness (QED) is 0.757. The molecule has 2 nitrogen and oxygen atoms in total. The van der Waals surface area contributed by atoms with Crippen LogP contribution < -0.4 is 0 Å². The fourth-order valence-corrected chi connectivity index (χ4v) is 2.79. The number of carbonyl (C=O) groups excluding carboxylic acids is 1. The third kappa shape index (κ3) is 4.32. The number of hydrogen-bond donors (Lipinski definition) is 0. The Morgan fingerprint density at radius 1 is 1.13 bits per heavy atom. The van der Waals surface area contributed by atoms with Crippen LogP contribution in [-0.4, -0.2) is 16.8 Å². The number of benzene rings is 2. The molecular weight excluding hydrogens is 313 g/mol. The van der Waals surface area contributed by atoms with Crippen LogP contribution in [0.2, 0.25) is 5.02 Å². The molecule has 1 aliphatic carbocycles. The highest BCUT2D eigenvalue weighted by Gasteiger charge is 2.32. The zero-order valence-corrected chi connectivity index (χ0v) is 13.6. The molecule has 0 spiro atoms. The molecule has 1 fully saturated rings. The molecule has 2 aromatic rings. The average Bonchev–Trinajstić information content (AvgIpc) is 3.38. The first-order valence-corrected chi connectivity index (χ1v) is 8.28. The summed E-state index contributed by atoms with van der Waals surface area (Å²) in [4.78, 5) is 14.4. The van der Waals surface area contributed by atoms with Crippen LogP contribution in [0.5, 0.6) is 0 Å². The number of nitrogens with zero attached hydrogens (tertiary/aromatic N) is 1. The minimum Gasteiger partial charge on any atom is -0.335 e. The minimum absolute atomic E-state index is 0.0886. The van der Waals surface area contributed by atoms with Crippen molar-refractivity contribution in [3.05, 3.63) is 70.5 Å².